The first kappa shape index (κ1) is 13.9. The highest BCUT2D eigenvalue weighted by atomic mass is 16.5. The van der Waals surface area contributed by atoms with Crippen molar-refractivity contribution in [3.63, 3.8) is 0 Å². The zero-order valence-corrected chi connectivity index (χ0v) is 11.6. The maximum Gasteiger partial charge on any atom is 0.165 e. The second kappa shape index (κ2) is 7.19. The molecule has 1 aromatic rings. The number of para-hydroxylation sites is 1. The van der Waals surface area contributed by atoms with E-state index < -0.39 is 0 Å². The van der Waals surface area contributed by atoms with E-state index in [0.29, 0.717) is 13.2 Å². The normalized spacial score (nSPS) is 18.3. The molecule has 1 aliphatic carbocycles. The Morgan fingerprint density at radius 2 is 2.26 bits per heavy atom. The maximum absolute atomic E-state index is 6.16. The fraction of sp³-hybridized carbons (Fsp3) is 0.500. The second-order valence-electron chi connectivity index (χ2n) is 4.73. The average molecular weight is 261 g/mol. The molecule has 1 aliphatic rings. The highest BCUT2D eigenvalue weighted by Crippen LogP contribution is 2.33. The largest absolute Gasteiger partial charge is 0.490 e. The van der Waals surface area contributed by atoms with E-state index in [1.807, 2.05) is 19.1 Å². The van der Waals surface area contributed by atoms with Crippen molar-refractivity contribution in [2.75, 3.05) is 13.2 Å². The molecule has 0 heterocycles. The molecule has 0 amide bonds. The molecule has 1 atom stereocenters. The highest BCUT2D eigenvalue weighted by Gasteiger charge is 2.16. The third-order valence-electron chi connectivity index (χ3n) is 3.25. The van der Waals surface area contributed by atoms with Gasteiger partial charge in [0.15, 0.2) is 11.5 Å². The summed E-state index contributed by atoms with van der Waals surface area (Å²) in [5.74, 6) is 1.69. The van der Waals surface area contributed by atoms with Crippen LogP contribution in [0.15, 0.2) is 30.4 Å². The van der Waals surface area contributed by atoms with Gasteiger partial charge in [-0.3, -0.25) is 0 Å². The van der Waals surface area contributed by atoms with Gasteiger partial charge in [0, 0.05) is 0 Å². The van der Waals surface area contributed by atoms with E-state index >= 15 is 0 Å². The lowest BCUT2D eigenvalue weighted by molar-refractivity contribution is 0.212. The van der Waals surface area contributed by atoms with Gasteiger partial charge in [-0.1, -0.05) is 18.2 Å². The van der Waals surface area contributed by atoms with Crippen LogP contribution in [-0.4, -0.2) is 19.3 Å². The molecule has 0 aromatic heterocycles. The van der Waals surface area contributed by atoms with E-state index in [4.69, 9.17) is 15.2 Å². The van der Waals surface area contributed by atoms with Gasteiger partial charge in [0.25, 0.3) is 0 Å². The van der Waals surface area contributed by atoms with E-state index in [-0.39, 0.29) is 6.10 Å². The number of hydrogen-bond acceptors (Lipinski definition) is 3. The number of rotatable bonds is 6. The molecule has 0 spiro atoms. The van der Waals surface area contributed by atoms with Gasteiger partial charge in [-0.25, -0.2) is 0 Å². The monoisotopic (exact) mass is 261 g/mol. The number of ether oxygens (including phenoxy) is 2. The van der Waals surface area contributed by atoms with Crippen molar-refractivity contribution in [1.29, 1.82) is 0 Å². The molecule has 3 heteroatoms. The van der Waals surface area contributed by atoms with Crippen LogP contribution in [0.4, 0.5) is 0 Å². The standard InChI is InChI=1S/C16H23NO2/c1-2-18-15-10-6-7-13(11-12-17)16(15)19-14-8-4-3-5-9-14/h4,6-8,10,14H,2-3,5,9,11-12,17H2,1H3. The summed E-state index contributed by atoms with van der Waals surface area (Å²) in [5.41, 5.74) is 6.81. The maximum atomic E-state index is 6.16. The number of hydrogen-bond donors (Lipinski definition) is 1. The molecular weight excluding hydrogens is 238 g/mol. The number of benzene rings is 1. The summed E-state index contributed by atoms with van der Waals surface area (Å²) >= 11 is 0. The molecule has 0 saturated carbocycles. The molecule has 2 N–H and O–H groups in total. The van der Waals surface area contributed by atoms with Crippen molar-refractivity contribution in [3.8, 4) is 11.5 Å². The first-order valence-electron chi connectivity index (χ1n) is 7.13. The molecule has 0 radical (unpaired) electrons. The van der Waals surface area contributed by atoms with Crippen LogP contribution in [-0.2, 0) is 6.42 Å². The van der Waals surface area contributed by atoms with Crippen molar-refractivity contribution in [3.05, 3.63) is 35.9 Å². The van der Waals surface area contributed by atoms with Crippen LogP contribution in [0.25, 0.3) is 0 Å². The molecule has 0 aliphatic heterocycles. The zero-order valence-electron chi connectivity index (χ0n) is 11.6. The second-order valence-corrected chi connectivity index (χ2v) is 4.73. The Labute approximate surface area is 115 Å². The average Bonchev–Trinajstić information content (AvgIpc) is 2.44. The molecule has 1 unspecified atom stereocenters. The molecule has 2 rings (SSSR count). The van der Waals surface area contributed by atoms with Crippen LogP contribution in [0.1, 0.15) is 31.7 Å². The molecule has 0 saturated heterocycles. The first-order chi connectivity index (χ1) is 9.35. The molecular formula is C16H23NO2. The Morgan fingerprint density at radius 3 is 2.95 bits per heavy atom. The predicted molar refractivity (Wildman–Crippen MR) is 77.8 cm³/mol. The van der Waals surface area contributed by atoms with Crippen LogP contribution < -0.4 is 15.2 Å². The SMILES string of the molecule is CCOc1cccc(CCN)c1OC1C=CCCC1. The summed E-state index contributed by atoms with van der Waals surface area (Å²) in [6, 6.07) is 6.03. The molecule has 1 aromatic carbocycles. The van der Waals surface area contributed by atoms with Crippen molar-refractivity contribution < 1.29 is 9.47 Å². The van der Waals surface area contributed by atoms with Gasteiger partial charge in [-0.15, -0.1) is 0 Å². The summed E-state index contributed by atoms with van der Waals surface area (Å²) in [5, 5.41) is 0. The van der Waals surface area contributed by atoms with E-state index in [2.05, 4.69) is 18.2 Å². The van der Waals surface area contributed by atoms with Crippen molar-refractivity contribution in [2.24, 2.45) is 5.73 Å². The minimum Gasteiger partial charge on any atom is -0.490 e. The van der Waals surface area contributed by atoms with Gasteiger partial charge >= 0.3 is 0 Å². The minimum absolute atomic E-state index is 0.159. The van der Waals surface area contributed by atoms with E-state index in [1.165, 1.54) is 6.42 Å². The molecule has 104 valence electrons. The third kappa shape index (κ3) is 3.74. The summed E-state index contributed by atoms with van der Waals surface area (Å²) in [6.07, 6.45) is 8.73. The summed E-state index contributed by atoms with van der Waals surface area (Å²) in [6.45, 7) is 3.25. The quantitative estimate of drug-likeness (QED) is 0.800. The molecule has 0 fully saturated rings. The number of allylic oxidation sites excluding steroid dienone is 1. The lowest BCUT2D eigenvalue weighted by Crippen LogP contribution is -2.18. The van der Waals surface area contributed by atoms with Gasteiger partial charge in [0.1, 0.15) is 6.10 Å². The van der Waals surface area contributed by atoms with E-state index in [0.717, 1.165) is 36.3 Å². The molecule has 0 bridgehead atoms. The van der Waals surface area contributed by atoms with Crippen LogP contribution in [0.2, 0.25) is 0 Å². The van der Waals surface area contributed by atoms with Crippen LogP contribution >= 0.6 is 0 Å². The summed E-state index contributed by atoms with van der Waals surface area (Å²) < 4.78 is 11.8. The smallest absolute Gasteiger partial charge is 0.165 e. The molecule has 3 nitrogen and oxygen atoms in total. The Morgan fingerprint density at radius 1 is 1.37 bits per heavy atom. The molecule has 19 heavy (non-hydrogen) atoms. The topological polar surface area (TPSA) is 44.5 Å². The third-order valence-corrected chi connectivity index (χ3v) is 3.25. The lowest BCUT2D eigenvalue weighted by atomic mass is 10.0. The van der Waals surface area contributed by atoms with Crippen molar-refractivity contribution >= 4 is 0 Å². The van der Waals surface area contributed by atoms with Crippen LogP contribution in [0.5, 0.6) is 11.5 Å². The number of nitrogens with two attached hydrogens (primary N) is 1. The van der Waals surface area contributed by atoms with Gasteiger partial charge in [-0.05, 0) is 56.9 Å². The predicted octanol–water partition coefficient (Wildman–Crippen LogP) is 3.07. The Kier molecular flexibility index (Phi) is 5.28. The van der Waals surface area contributed by atoms with Crippen molar-refractivity contribution in [2.45, 2.75) is 38.7 Å². The lowest BCUT2D eigenvalue weighted by Gasteiger charge is -2.22. The Hall–Kier alpha value is -1.48. The fourth-order valence-electron chi connectivity index (χ4n) is 2.35. The van der Waals surface area contributed by atoms with Gasteiger partial charge in [0.05, 0.1) is 6.61 Å². The minimum atomic E-state index is 0.159. The van der Waals surface area contributed by atoms with Gasteiger partial charge < -0.3 is 15.2 Å². The van der Waals surface area contributed by atoms with Gasteiger partial charge in [-0.2, -0.15) is 0 Å². The first-order valence-corrected chi connectivity index (χ1v) is 7.13. The van der Waals surface area contributed by atoms with E-state index in [1.54, 1.807) is 0 Å². The Balaban J connectivity index is 2.22. The summed E-state index contributed by atoms with van der Waals surface area (Å²) in [7, 11) is 0. The van der Waals surface area contributed by atoms with Crippen molar-refractivity contribution in [1.82, 2.24) is 0 Å². The Bertz CT molecular complexity index is 405. The fourth-order valence-corrected chi connectivity index (χ4v) is 2.35. The van der Waals surface area contributed by atoms with Crippen LogP contribution in [0, 0.1) is 0 Å². The van der Waals surface area contributed by atoms with Crippen LogP contribution in [0.3, 0.4) is 0 Å². The van der Waals surface area contributed by atoms with E-state index in [9.17, 15) is 0 Å². The van der Waals surface area contributed by atoms with Gasteiger partial charge in [0.2, 0.25) is 0 Å². The highest BCUT2D eigenvalue weighted by molar-refractivity contribution is 5.47. The zero-order chi connectivity index (χ0) is 13.5. The summed E-state index contributed by atoms with van der Waals surface area (Å²) in [4.78, 5) is 0.